The molecule has 0 spiro atoms. The molecular weight excluding hydrogens is 280 g/mol. The fourth-order valence-corrected chi connectivity index (χ4v) is 2.92. The van der Waals surface area contributed by atoms with Crippen LogP contribution in [0.4, 0.5) is 5.69 Å². The number of ether oxygens (including phenoxy) is 1. The predicted molar refractivity (Wildman–Crippen MR) is 85.9 cm³/mol. The normalized spacial score (nSPS) is 15.2. The Morgan fingerprint density at radius 2 is 1.82 bits per heavy atom. The fraction of sp³-hybridized carbons (Fsp3) is 0.529. The monoisotopic (exact) mass is 304 g/mol. The van der Waals surface area contributed by atoms with Gasteiger partial charge in [-0.15, -0.1) is 0 Å². The summed E-state index contributed by atoms with van der Waals surface area (Å²) in [7, 11) is 1.60. The van der Waals surface area contributed by atoms with Crippen LogP contribution < -0.4 is 10.1 Å². The van der Waals surface area contributed by atoms with E-state index in [-0.39, 0.29) is 24.4 Å². The molecule has 120 valence electrons. The van der Waals surface area contributed by atoms with Crippen LogP contribution in [-0.4, -0.2) is 36.4 Å². The Balaban J connectivity index is 1.93. The molecule has 1 aromatic rings. The Kier molecular flexibility index (Phi) is 5.81. The summed E-state index contributed by atoms with van der Waals surface area (Å²) in [6.07, 6.45) is 5.48. The summed E-state index contributed by atoms with van der Waals surface area (Å²) in [5.74, 6) is 0.549. The highest BCUT2D eigenvalue weighted by atomic mass is 16.5. The third-order valence-electron chi connectivity index (χ3n) is 4.11. The molecule has 1 aliphatic carbocycles. The van der Waals surface area contributed by atoms with E-state index in [1.807, 2.05) is 0 Å². The molecule has 0 aromatic heterocycles. The van der Waals surface area contributed by atoms with Gasteiger partial charge in [-0.1, -0.05) is 19.3 Å². The van der Waals surface area contributed by atoms with Gasteiger partial charge in [-0.3, -0.25) is 9.59 Å². The lowest BCUT2D eigenvalue weighted by molar-refractivity contribution is -0.135. The number of methoxy groups -OCH3 is 1. The lowest BCUT2D eigenvalue weighted by atomic mass is 9.94. The first-order valence-corrected chi connectivity index (χ1v) is 7.81. The van der Waals surface area contributed by atoms with E-state index >= 15 is 0 Å². The van der Waals surface area contributed by atoms with Gasteiger partial charge in [0.25, 0.3) is 0 Å². The number of carbonyl (C=O) groups is 2. The lowest BCUT2D eigenvalue weighted by Gasteiger charge is -2.33. The van der Waals surface area contributed by atoms with Gasteiger partial charge in [0.2, 0.25) is 11.8 Å². The van der Waals surface area contributed by atoms with Crippen molar-refractivity contribution in [1.82, 2.24) is 4.90 Å². The largest absolute Gasteiger partial charge is 0.497 e. The number of hydrogen-bond donors (Lipinski definition) is 1. The molecule has 0 radical (unpaired) electrons. The molecule has 5 nitrogen and oxygen atoms in total. The highest BCUT2D eigenvalue weighted by Crippen LogP contribution is 2.23. The summed E-state index contributed by atoms with van der Waals surface area (Å²) in [5, 5.41) is 2.83. The molecule has 0 heterocycles. The summed E-state index contributed by atoms with van der Waals surface area (Å²) in [6.45, 7) is 1.65. The van der Waals surface area contributed by atoms with Crippen molar-refractivity contribution in [3.05, 3.63) is 24.3 Å². The standard InChI is InChI=1S/C17H24N2O3/c1-13(20)19(15-6-4-3-5-7-15)12-17(21)18-14-8-10-16(22-2)11-9-14/h8-11,15H,3-7,12H2,1-2H3,(H,18,21). The number of hydrogen-bond acceptors (Lipinski definition) is 3. The molecule has 22 heavy (non-hydrogen) atoms. The van der Waals surface area contributed by atoms with Crippen LogP contribution in [0.3, 0.4) is 0 Å². The highest BCUT2D eigenvalue weighted by molar-refractivity contribution is 5.94. The second kappa shape index (κ2) is 7.82. The minimum atomic E-state index is -0.161. The van der Waals surface area contributed by atoms with Crippen molar-refractivity contribution in [3.63, 3.8) is 0 Å². The third-order valence-corrected chi connectivity index (χ3v) is 4.11. The Hall–Kier alpha value is -2.04. The van der Waals surface area contributed by atoms with Crippen LogP contribution in [0.2, 0.25) is 0 Å². The van der Waals surface area contributed by atoms with Crippen molar-refractivity contribution >= 4 is 17.5 Å². The molecule has 1 N–H and O–H groups in total. The van der Waals surface area contributed by atoms with Gasteiger partial charge >= 0.3 is 0 Å². The molecule has 1 saturated carbocycles. The van der Waals surface area contributed by atoms with E-state index in [1.54, 1.807) is 36.3 Å². The average Bonchev–Trinajstić information content (AvgIpc) is 2.54. The van der Waals surface area contributed by atoms with Crippen molar-refractivity contribution in [2.45, 2.75) is 45.1 Å². The van der Waals surface area contributed by atoms with E-state index in [0.717, 1.165) is 31.4 Å². The van der Waals surface area contributed by atoms with E-state index in [1.165, 1.54) is 13.3 Å². The quantitative estimate of drug-likeness (QED) is 0.910. The first-order chi connectivity index (χ1) is 10.6. The van der Waals surface area contributed by atoms with Gasteiger partial charge in [0.1, 0.15) is 12.3 Å². The second-order valence-electron chi connectivity index (χ2n) is 5.72. The van der Waals surface area contributed by atoms with Crippen LogP contribution in [0.5, 0.6) is 5.75 Å². The van der Waals surface area contributed by atoms with Gasteiger partial charge in [0, 0.05) is 18.7 Å². The number of nitrogens with one attached hydrogen (secondary N) is 1. The highest BCUT2D eigenvalue weighted by Gasteiger charge is 2.24. The first kappa shape index (κ1) is 16.3. The van der Waals surface area contributed by atoms with Gasteiger partial charge in [-0.05, 0) is 37.1 Å². The summed E-state index contributed by atoms with van der Waals surface area (Å²) in [4.78, 5) is 25.7. The van der Waals surface area contributed by atoms with E-state index in [2.05, 4.69) is 5.32 Å². The predicted octanol–water partition coefficient (Wildman–Crippen LogP) is 2.81. The molecule has 2 amide bonds. The molecule has 0 saturated heterocycles. The first-order valence-electron chi connectivity index (χ1n) is 7.81. The van der Waals surface area contributed by atoms with Crippen LogP contribution in [0, 0.1) is 0 Å². The smallest absolute Gasteiger partial charge is 0.244 e. The molecule has 2 rings (SSSR count). The Labute approximate surface area is 131 Å². The number of nitrogens with zero attached hydrogens (tertiary/aromatic N) is 1. The Morgan fingerprint density at radius 3 is 2.36 bits per heavy atom. The summed E-state index contributed by atoms with van der Waals surface area (Å²) in [5.41, 5.74) is 0.706. The maximum atomic E-state index is 12.2. The molecule has 1 aromatic carbocycles. The number of anilines is 1. The van der Waals surface area contributed by atoms with E-state index in [0.29, 0.717) is 5.69 Å². The molecule has 1 fully saturated rings. The summed E-state index contributed by atoms with van der Waals surface area (Å²) >= 11 is 0. The molecular formula is C17H24N2O3. The molecule has 0 unspecified atom stereocenters. The summed E-state index contributed by atoms with van der Waals surface area (Å²) < 4.78 is 5.08. The fourth-order valence-electron chi connectivity index (χ4n) is 2.92. The lowest BCUT2D eigenvalue weighted by Crippen LogP contribution is -2.44. The molecule has 5 heteroatoms. The molecule has 0 atom stereocenters. The zero-order valence-corrected chi connectivity index (χ0v) is 13.3. The van der Waals surface area contributed by atoms with Gasteiger partial charge in [0.15, 0.2) is 0 Å². The Bertz CT molecular complexity index is 507. The van der Waals surface area contributed by atoms with Crippen LogP contribution in [-0.2, 0) is 9.59 Å². The zero-order valence-electron chi connectivity index (χ0n) is 13.3. The number of benzene rings is 1. The van der Waals surface area contributed by atoms with Gasteiger partial charge in [-0.25, -0.2) is 0 Å². The minimum absolute atomic E-state index is 0.0308. The van der Waals surface area contributed by atoms with Crippen LogP contribution in [0.1, 0.15) is 39.0 Å². The number of carbonyl (C=O) groups excluding carboxylic acids is 2. The summed E-state index contributed by atoms with van der Waals surface area (Å²) in [6, 6.07) is 7.36. The average molecular weight is 304 g/mol. The van der Waals surface area contributed by atoms with Crippen molar-refractivity contribution in [3.8, 4) is 5.75 Å². The van der Waals surface area contributed by atoms with Crippen molar-refractivity contribution in [1.29, 1.82) is 0 Å². The van der Waals surface area contributed by atoms with Crippen molar-refractivity contribution < 1.29 is 14.3 Å². The van der Waals surface area contributed by atoms with Gasteiger partial charge < -0.3 is 15.0 Å². The topological polar surface area (TPSA) is 58.6 Å². The molecule has 1 aliphatic rings. The van der Waals surface area contributed by atoms with Crippen molar-refractivity contribution in [2.24, 2.45) is 0 Å². The van der Waals surface area contributed by atoms with Crippen LogP contribution in [0.15, 0.2) is 24.3 Å². The van der Waals surface area contributed by atoms with Gasteiger partial charge in [-0.2, -0.15) is 0 Å². The number of amides is 2. The minimum Gasteiger partial charge on any atom is -0.497 e. The van der Waals surface area contributed by atoms with E-state index in [9.17, 15) is 9.59 Å². The van der Waals surface area contributed by atoms with E-state index < -0.39 is 0 Å². The Morgan fingerprint density at radius 1 is 1.18 bits per heavy atom. The van der Waals surface area contributed by atoms with Crippen molar-refractivity contribution in [2.75, 3.05) is 19.0 Å². The molecule has 0 aliphatic heterocycles. The zero-order chi connectivity index (χ0) is 15.9. The molecule has 0 bridgehead atoms. The van der Waals surface area contributed by atoms with Gasteiger partial charge in [0.05, 0.1) is 7.11 Å². The second-order valence-corrected chi connectivity index (χ2v) is 5.72. The number of rotatable bonds is 5. The third kappa shape index (κ3) is 4.48. The van der Waals surface area contributed by atoms with Crippen LogP contribution in [0.25, 0.3) is 0 Å². The SMILES string of the molecule is COc1ccc(NC(=O)CN(C(C)=O)C2CCCCC2)cc1. The van der Waals surface area contributed by atoms with E-state index in [4.69, 9.17) is 4.74 Å². The maximum Gasteiger partial charge on any atom is 0.244 e. The van der Waals surface area contributed by atoms with Crippen LogP contribution >= 0.6 is 0 Å². The maximum absolute atomic E-state index is 12.2.